The van der Waals surface area contributed by atoms with Crippen LogP contribution in [0.25, 0.3) is 0 Å². The van der Waals surface area contributed by atoms with Gasteiger partial charge >= 0.3 is 0 Å². The molecule has 0 aromatic carbocycles. The third-order valence-corrected chi connectivity index (χ3v) is 5.56. The highest BCUT2D eigenvalue weighted by Gasteiger charge is 2.34. The van der Waals surface area contributed by atoms with Crippen LogP contribution >= 0.6 is 12.4 Å². The molecule has 1 atom stereocenters. The van der Waals surface area contributed by atoms with Gasteiger partial charge in [-0.3, -0.25) is 9.89 Å². The van der Waals surface area contributed by atoms with Gasteiger partial charge in [0.2, 0.25) is 0 Å². The highest BCUT2D eigenvalue weighted by atomic mass is 35.5. The molecule has 1 amide bonds. The van der Waals surface area contributed by atoms with E-state index in [1.807, 2.05) is 0 Å². The minimum absolute atomic E-state index is 0. The second-order valence-electron chi connectivity index (χ2n) is 7.11. The van der Waals surface area contributed by atoms with Crippen molar-refractivity contribution in [1.82, 2.24) is 25.3 Å². The maximum atomic E-state index is 13.0. The summed E-state index contributed by atoms with van der Waals surface area (Å²) in [5, 5.41) is 10.8. The highest BCUT2D eigenvalue weighted by Crippen LogP contribution is 2.24. The SMILES string of the molecule is Cl.O=C(c1n[nH]c2c1CNCC2)N1CCCC1CN1CCCCC1. The normalized spacial score (nSPS) is 24.5. The molecule has 4 rings (SSSR count). The van der Waals surface area contributed by atoms with Crippen molar-refractivity contribution in [2.75, 3.05) is 32.7 Å². The highest BCUT2D eigenvalue weighted by molar-refractivity contribution is 5.94. The number of likely N-dealkylation sites (tertiary alicyclic amines) is 2. The first-order chi connectivity index (χ1) is 11.3. The maximum Gasteiger partial charge on any atom is 0.274 e. The van der Waals surface area contributed by atoms with Crippen LogP contribution in [0.4, 0.5) is 0 Å². The molecule has 3 aliphatic heterocycles. The molecule has 3 aliphatic rings. The van der Waals surface area contributed by atoms with Gasteiger partial charge in [-0.25, -0.2) is 0 Å². The second-order valence-corrected chi connectivity index (χ2v) is 7.11. The first kappa shape index (κ1) is 17.7. The number of rotatable bonds is 3. The summed E-state index contributed by atoms with van der Waals surface area (Å²) in [5.74, 6) is 0.130. The molecule has 134 valence electrons. The number of carbonyl (C=O) groups excluding carboxylic acids is 1. The number of aromatic amines is 1. The topological polar surface area (TPSA) is 64.3 Å². The van der Waals surface area contributed by atoms with E-state index >= 15 is 0 Å². The van der Waals surface area contributed by atoms with E-state index < -0.39 is 0 Å². The number of aromatic nitrogens is 2. The number of amides is 1. The number of piperidine rings is 1. The predicted molar refractivity (Wildman–Crippen MR) is 95.6 cm³/mol. The van der Waals surface area contributed by atoms with E-state index in [2.05, 4.69) is 25.3 Å². The summed E-state index contributed by atoms with van der Waals surface area (Å²) >= 11 is 0. The van der Waals surface area contributed by atoms with Crippen molar-refractivity contribution >= 4 is 18.3 Å². The third kappa shape index (κ3) is 3.46. The molecule has 0 spiro atoms. The smallest absolute Gasteiger partial charge is 0.274 e. The van der Waals surface area contributed by atoms with E-state index in [0.29, 0.717) is 11.7 Å². The fraction of sp³-hybridized carbons (Fsp3) is 0.765. The molecule has 6 nitrogen and oxygen atoms in total. The Balaban J connectivity index is 0.00000169. The minimum Gasteiger partial charge on any atom is -0.333 e. The van der Waals surface area contributed by atoms with Gasteiger partial charge in [-0.15, -0.1) is 12.4 Å². The first-order valence-corrected chi connectivity index (χ1v) is 9.13. The van der Waals surface area contributed by atoms with Crippen LogP contribution in [0.2, 0.25) is 0 Å². The molecular formula is C17H28ClN5O. The summed E-state index contributed by atoms with van der Waals surface area (Å²) in [6.45, 7) is 6.03. The van der Waals surface area contributed by atoms with Crippen LogP contribution in [0.3, 0.4) is 0 Å². The zero-order valence-electron chi connectivity index (χ0n) is 14.2. The number of hydrogen-bond donors (Lipinski definition) is 2. The van der Waals surface area contributed by atoms with E-state index in [-0.39, 0.29) is 18.3 Å². The standard InChI is InChI=1S/C17H27N5O.ClH/c23-17(16-14-11-18-7-6-15(14)19-20-16)22-10-4-5-13(22)12-21-8-2-1-3-9-21;/h13,18H,1-12H2,(H,19,20);1H. The molecular weight excluding hydrogens is 326 g/mol. The van der Waals surface area contributed by atoms with Crippen molar-refractivity contribution in [3.8, 4) is 0 Å². The lowest BCUT2D eigenvalue weighted by atomic mass is 10.1. The van der Waals surface area contributed by atoms with Gasteiger partial charge in [-0.1, -0.05) is 6.42 Å². The molecule has 0 radical (unpaired) electrons. The van der Waals surface area contributed by atoms with Crippen LogP contribution in [-0.2, 0) is 13.0 Å². The van der Waals surface area contributed by atoms with Crippen LogP contribution in [0.15, 0.2) is 0 Å². The molecule has 1 aromatic heterocycles. The maximum absolute atomic E-state index is 13.0. The Kier molecular flexibility index (Phi) is 5.79. The fourth-order valence-corrected chi connectivity index (χ4v) is 4.27. The van der Waals surface area contributed by atoms with Crippen LogP contribution in [0.1, 0.15) is 53.8 Å². The van der Waals surface area contributed by atoms with Crippen molar-refractivity contribution in [2.45, 2.75) is 51.1 Å². The molecule has 7 heteroatoms. The molecule has 0 saturated carbocycles. The van der Waals surface area contributed by atoms with Crippen LogP contribution in [0.5, 0.6) is 0 Å². The zero-order valence-corrected chi connectivity index (χ0v) is 15.0. The van der Waals surface area contributed by atoms with Gasteiger partial charge in [-0.05, 0) is 38.8 Å². The Bertz CT molecular complexity index is 569. The second kappa shape index (κ2) is 7.85. The lowest BCUT2D eigenvalue weighted by molar-refractivity contribution is 0.0683. The Labute approximate surface area is 149 Å². The number of halogens is 1. The summed E-state index contributed by atoms with van der Waals surface area (Å²) < 4.78 is 0. The molecule has 0 aliphatic carbocycles. The fourth-order valence-electron chi connectivity index (χ4n) is 4.27. The van der Waals surface area contributed by atoms with Gasteiger partial charge in [0.15, 0.2) is 5.69 Å². The Morgan fingerprint density at radius 2 is 2.00 bits per heavy atom. The molecule has 24 heavy (non-hydrogen) atoms. The quantitative estimate of drug-likeness (QED) is 0.865. The Hall–Kier alpha value is -1.11. The Morgan fingerprint density at radius 3 is 2.83 bits per heavy atom. The lowest BCUT2D eigenvalue weighted by Gasteiger charge is -2.33. The van der Waals surface area contributed by atoms with E-state index in [1.54, 1.807) is 0 Å². The first-order valence-electron chi connectivity index (χ1n) is 9.13. The van der Waals surface area contributed by atoms with Gasteiger partial charge in [0, 0.05) is 49.9 Å². The lowest BCUT2D eigenvalue weighted by Crippen LogP contribution is -2.45. The number of carbonyl (C=O) groups is 1. The van der Waals surface area contributed by atoms with Crippen LogP contribution in [-0.4, -0.2) is 64.7 Å². The van der Waals surface area contributed by atoms with Crippen molar-refractivity contribution in [3.63, 3.8) is 0 Å². The van der Waals surface area contributed by atoms with E-state index in [0.717, 1.165) is 56.7 Å². The molecule has 1 unspecified atom stereocenters. The monoisotopic (exact) mass is 353 g/mol. The van der Waals surface area contributed by atoms with Crippen molar-refractivity contribution < 1.29 is 4.79 Å². The van der Waals surface area contributed by atoms with E-state index in [4.69, 9.17) is 0 Å². The summed E-state index contributed by atoms with van der Waals surface area (Å²) in [7, 11) is 0. The number of fused-ring (bicyclic) bond motifs is 1. The number of nitrogens with zero attached hydrogens (tertiary/aromatic N) is 3. The van der Waals surface area contributed by atoms with Gasteiger partial charge in [0.05, 0.1) is 0 Å². The predicted octanol–water partition coefficient (Wildman–Crippen LogP) is 1.57. The molecule has 1 aromatic rings. The average Bonchev–Trinajstić information content (AvgIpc) is 3.22. The molecule has 2 N–H and O–H groups in total. The summed E-state index contributed by atoms with van der Waals surface area (Å²) in [6, 6.07) is 0.365. The summed E-state index contributed by atoms with van der Waals surface area (Å²) in [5.41, 5.74) is 2.88. The molecule has 2 fully saturated rings. The van der Waals surface area contributed by atoms with Gasteiger partial charge in [-0.2, -0.15) is 5.10 Å². The van der Waals surface area contributed by atoms with Gasteiger partial charge in [0.25, 0.3) is 5.91 Å². The third-order valence-electron chi connectivity index (χ3n) is 5.56. The van der Waals surface area contributed by atoms with Gasteiger partial charge < -0.3 is 15.1 Å². The number of nitrogens with one attached hydrogen (secondary N) is 2. The molecule has 0 bridgehead atoms. The van der Waals surface area contributed by atoms with E-state index in [9.17, 15) is 4.79 Å². The average molecular weight is 354 g/mol. The number of hydrogen-bond acceptors (Lipinski definition) is 4. The van der Waals surface area contributed by atoms with Crippen LogP contribution < -0.4 is 5.32 Å². The zero-order chi connectivity index (χ0) is 15.6. The minimum atomic E-state index is 0. The van der Waals surface area contributed by atoms with Crippen molar-refractivity contribution in [2.24, 2.45) is 0 Å². The summed E-state index contributed by atoms with van der Waals surface area (Å²) in [6.07, 6.45) is 7.16. The Morgan fingerprint density at radius 1 is 1.17 bits per heavy atom. The molecule has 4 heterocycles. The van der Waals surface area contributed by atoms with Gasteiger partial charge in [0.1, 0.15) is 0 Å². The van der Waals surface area contributed by atoms with Crippen molar-refractivity contribution in [3.05, 3.63) is 17.0 Å². The van der Waals surface area contributed by atoms with E-state index in [1.165, 1.54) is 32.4 Å². The van der Waals surface area contributed by atoms with Crippen LogP contribution in [0, 0.1) is 0 Å². The largest absolute Gasteiger partial charge is 0.333 e. The molecule has 2 saturated heterocycles. The van der Waals surface area contributed by atoms with Crippen molar-refractivity contribution in [1.29, 1.82) is 0 Å². The number of H-pyrrole nitrogens is 1. The summed E-state index contributed by atoms with van der Waals surface area (Å²) in [4.78, 5) is 17.7.